The Morgan fingerprint density at radius 3 is 2.87 bits per heavy atom. The van der Waals surface area contributed by atoms with Crippen molar-refractivity contribution in [1.82, 2.24) is 15.3 Å². The molecule has 0 unspecified atom stereocenters. The minimum absolute atomic E-state index is 0.0859. The largest absolute Gasteiger partial charge is 0.395 e. The predicted molar refractivity (Wildman–Crippen MR) is 59.7 cm³/mol. The van der Waals surface area contributed by atoms with Gasteiger partial charge < -0.3 is 15.3 Å². The first-order valence-corrected chi connectivity index (χ1v) is 4.97. The van der Waals surface area contributed by atoms with Gasteiger partial charge in [0.2, 0.25) is 5.95 Å². The molecular weight excluding hydrogens is 192 g/mol. The fourth-order valence-electron chi connectivity index (χ4n) is 1.04. The molecule has 0 spiro atoms. The van der Waals surface area contributed by atoms with E-state index in [0.29, 0.717) is 12.5 Å². The summed E-state index contributed by atoms with van der Waals surface area (Å²) in [6.07, 6.45) is 1.74. The van der Waals surface area contributed by atoms with E-state index in [1.807, 2.05) is 32.0 Å². The highest BCUT2D eigenvalue weighted by molar-refractivity contribution is 5.26. The Hall–Kier alpha value is -1.20. The zero-order chi connectivity index (χ0) is 11.3. The van der Waals surface area contributed by atoms with Gasteiger partial charge in [0.05, 0.1) is 12.3 Å². The summed E-state index contributed by atoms with van der Waals surface area (Å²) < 4.78 is 0. The third kappa shape index (κ3) is 3.81. The predicted octanol–water partition coefficient (Wildman–Crippen LogP) is 0.0130. The van der Waals surface area contributed by atoms with Gasteiger partial charge >= 0.3 is 0 Å². The van der Waals surface area contributed by atoms with Crippen LogP contribution in [0.25, 0.3) is 0 Å². The van der Waals surface area contributed by atoms with E-state index in [1.165, 1.54) is 0 Å². The molecule has 5 heteroatoms. The molecular formula is C10H18N4O. The van der Waals surface area contributed by atoms with Gasteiger partial charge in [0.15, 0.2) is 0 Å². The van der Waals surface area contributed by atoms with E-state index < -0.39 is 0 Å². The fourth-order valence-corrected chi connectivity index (χ4v) is 1.04. The Kier molecular flexibility index (Phi) is 4.45. The van der Waals surface area contributed by atoms with E-state index in [4.69, 9.17) is 5.11 Å². The molecule has 0 bridgehead atoms. The van der Waals surface area contributed by atoms with Crippen molar-refractivity contribution in [2.75, 3.05) is 25.6 Å². The molecule has 1 aromatic rings. The van der Waals surface area contributed by atoms with Gasteiger partial charge in [-0.15, -0.1) is 0 Å². The maximum absolute atomic E-state index is 8.85. The molecule has 1 atom stereocenters. The van der Waals surface area contributed by atoms with Gasteiger partial charge in [0.1, 0.15) is 0 Å². The summed E-state index contributed by atoms with van der Waals surface area (Å²) in [5, 5.41) is 12.0. The summed E-state index contributed by atoms with van der Waals surface area (Å²) in [5.74, 6) is 0.700. The van der Waals surface area contributed by atoms with Crippen molar-refractivity contribution in [2.24, 2.45) is 0 Å². The maximum atomic E-state index is 8.85. The number of hydrogen-bond acceptors (Lipinski definition) is 5. The summed E-state index contributed by atoms with van der Waals surface area (Å²) in [6, 6.07) is 1.95. The normalized spacial score (nSPS) is 12.5. The van der Waals surface area contributed by atoms with E-state index in [2.05, 4.69) is 15.3 Å². The number of anilines is 1. The van der Waals surface area contributed by atoms with Crippen molar-refractivity contribution in [1.29, 1.82) is 0 Å². The molecule has 0 aliphatic carbocycles. The fraction of sp³-hybridized carbons (Fsp3) is 0.600. The van der Waals surface area contributed by atoms with Crippen LogP contribution in [0.2, 0.25) is 0 Å². The number of aliphatic hydroxyl groups is 1. The van der Waals surface area contributed by atoms with Crippen molar-refractivity contribution in [3.8, 4) is 0 Å². The molecule has 15 heavy (non-hydrogen) atoms. The molecule has 5 nitrogen and oxygen atoms in total. The van der Waals surface area contributed by atoms with E-state index in [9.17, 15) is 0 Å². The smallest absolute Gasteiger partial charge is 0.225 e. The lowest BCUT2D eigenvalue weighted by Gasteiger charge is -2.13. The molecule has 0 amide bonds. The molecule has 0 fully saturated rings. The van der Waals surface area contributed by atoms with Gasteiger partial charge in [-0.2, -0.15) is 0 Å². The third-order valence-electron chi connectivity index (χ3n) is 2.01. The molecule has 0 aliphatic rings. The van der Waals surface area contributed by atoms with Gasteiger partial charge in [0.25, 0.3) is 0 Å². The summed E-state index contributed by atoms with van der Waals surface area (Å²) in [7, 11) is 3.81. The van der Waals surface area contributed by atoms with Crippen LogP contribution in [0.15, 0.2) is 12.3 Å². The van der Waals surface area contributed by atoms with Crippen LogP contribution in [0.5, 0.6) is 0 Å². The summed E-state index contributed by atoms with van der Waals surface area (Å²) >= 11 is 0. The Morgan fingerprint density at radius 2 is 2.27 bits per heavy atom. The molecule has 0 saturated heterocycles. The number of nitrogens with one attached hydrogen (secondary N) is 1. The molecule has 84 valence electrons. The quantitative estimate of drug-likeness (QED) is 0.717. The van der Waals surface area contributed by atoms with Crippen molar-refractivity contribution in [3.63, 3.8) is 0 Å². The third-order valence-corrected chi connectivity index (χ3v) is 2.01. The second kappa shape index (κ2) is 5.63. The molecule has 0 aromatic carbocycles. The first-order chi connectivity index (χ1) is 7.13. The minimum atomic E-state index is 0.0859. The Morgan fingerprint density at radius 1 is 1.53 bits per heavy atom. The van der Waals surface area contributed by atoms with E-state index in [1.54, 1.807) is 6.20 Å². The van der Waals surface area contributed by atoms with E-state index in [-0.39, 0.29) is 12.6 Å². The van der Waals surface area contributed by atoms with Crippen molar-refractivity contribution in [2.45, 2.75) is 19.5 Å². The first kappa shape index (κ1) is 11.9. The van der Waals surface area contributed by atoms with Crippen LogP contribution in [0.3, 0.4) is 0 Å². The maximum Gasteiger partial charge on any atom is 0.225 e. The average Bonchev–Trinajstić information content (AvgIpc) is 2.26. The summed E-state index contributed by atoms with van der Waals surface area (Å²) in [5.41, 5.74) is 0.925. The molecule has 1 rings (SSSR count). The standard InChI is InChI=1S/C10H18N4O/c1-8(7-15)12-6-9-4-5-11-10(13-9)14(2)3/h4-5,8,12,15H,6-7H2,1-3H3/t8-/m1/s1. The highest BCUT2D eigenvalue weighted by Gasteiger charge is 2.03. The molecule has 1 aromatic heterocycles. The topological polar surface area (TPSA) is 61.3 Å². The van der Waals surface area contributed by atoms with Crippen molar-refractivity contribution in [3.05, 3.63) is 18.0 Å². The number of nitrogens with zero attached hydrogens (tertiary/aromatic N) is 3. The molecule has 0 radical (unpaired) electrons. The number of aliphatic hydroxyl groups excluding tert-OH is 1. The average molecular weight is 210 g/mol. The lowest BCUT2D eigenvalue weighted by Crippen LogP contribution is -2.29. The zero-order valence-corrected chi connectivity index (χ0v) is 9.44. The van der Waals surface area contributed by atoms with E-state index >= 15 is 0 Å². The van der Waals surface area contributed by atoms with Crippen LogP contribution < -0.4 is 10.2 Å². The Labute approximate surface area is 90.2 Å². The van der Waals surface area contributed by atoms with Gasteiger partial charge in [-0.3, -0.25) is 0 Å². The van der Waals surface area contributed by atoms with Crippen LogP contribution >= 0.6 is 0 Å². The van der Waals surface area contributed by atoms with Crippen LogP contribution in [0.4, 0.5) is 5.95 Å². The SMILES string of the molecule is C[C@H](CO)NCc1ccnc(N(C)C)n1. The number of hydrogen-bond donors (Lipinski definition) is 2. The zero-order valence-electron chi connectivity index (χ0n) is 9.44. The van der Waals surface area contributed by atoms with Gasteiger partial charge in [0, 0.05) is 32.9 Å². The monoisotopic (exact) mass is 210 g/mol. The number of rotatable bonds is 5. The highest BCUT2D eigenvalue weighted by Crippen LogP contribution is 2.03. The second-order valence-corrected chi connectivity index (χ2v) is 3.71. The van der Waals surface area contributed by atoms with Gasteiger partial charge in [-0.1, -0.05) is 0 Å². The van der Waals surface area contributed by atoms with Gasteiger partial charge in [-0.05, 0) is 13.0 Å². The molecule has 0 aliphatic heterocycles. The first-order valence-electron chi connectivity index (χ1n) is 4.97. The van der Waals surface area contributed by atoms with Crippen LogP contribution in [-0.4, -0.2) is 41.8 Å². The number of aromatic nitrogens is 2. The van der Waals surface area contributed by atoms with Crippen molar-refractivity contribution < 1.29 is 5.11 Å². The van der Waals surface area contributed by atoms with E-state index in [0.717, 1.165) is 5.69 Å². The lowest BCUT2D eigenvalue weighted by atomic mass is 10.3. The van der Waals surface area contributed by atoms with Crippen LogP contribution in [0, 0.1) is 0 Å². The molecule has 2 N–H and O–H groups in total. The van der Waals surface area contributed by atoms with Crippen LogP contribution in [0.1, 0.15) is 12.6 Å². The van der Waals surface area contributed by atoms with Crippen LogP contribution in [-0.2, 0) is 6.54 Å². The Bertz CT molecular complexity index is 303. The minimum Gasteiger partial charge on any atom is -0.395 e. The lowest BCUT2D eigenvalue weighted by molar-refractivity contribution is 0.250. The summed E-state index contributed by atoms with van der Waals surface area (Å²) in [4.78, 5) is 10.3. The second-order valence-electron chi connectivity index (χ2n) is 3.71. The summed E-state index contributed by atoms with van der Waals surface area (Å²) in [6.45, 7) is 2.70. The molecule has 0 saturated carbocycles. The van der Waals surface area contributed by atoms with Crippen molar-refractivity contribution >= 4 is 5.95 Å². The highest BCUT2D eigenvalue weighted by atomic mass is 16.3. The Balaban J connectivity index is 2.58. The van der Waals surface area contributed by atoms with Gasteiger partial charge in [-0.25, -0.2) is 9.97 Å². The molecule has 1 heterocycles.